The zero-order valence-electron chi connectivity index (χ0n) is 18.6. The Labute approximate surface area is 197 Å². The van der Waals surface area contributed by atoms with Gasteiger partial charge in [-0.25, -0.2) is 5.48 Å². The molecule has 3 aromatic rings. The number of aromatic nitrogens is 1. The molecule has 2 amide bonds. The Kier molecular flexibility index (Phi) is 7.27. The molecule has 0 unspecified atom stereocenters. The second-order valence-corrected chi connectivity index (χ2v) is 9.50. The van der Waals surface area contributed by atoms with Gasteiger partial charge in [0.25, 0.3) is 5.91 Å². The maximum atomic E-state index is 12.9. The number of thioether (sulfide) groups is 1. The number of aryl methyl sites for hydroxylation is 1. The first-order valence-electron chi connectivity index (χ1n) is 11.0. The Hall–Kier alpha value is -2.94. The molecule has 172 valence electrons. The number of fused-ring (bicyclic) bond motifs is 1. The highest BCUT2D eigenvalue weighted by Gasteiger charge is 2.36. The van der Waals surface area contributed by atoms with Crippen LogP contribution in [-0.2, 0) is 10.5 Å². The van der Waals surface area contributed by atoms with E-state index in [1.807, 2.05) is 49.4 Å². The fourth-order valence-electron chi connectivity index (χ4n) is 4.29. The molecule has 33 heavy (non-hydrogen) atoms. The number of hydrogen-bond donors (Lipinski definition) is 4. The van der Waals surface area contributed by atoms with Crippen LogP contribution < -0.4 is 16.1 Å². The molecule has 0 spiro atoms. The number of benzene rings is 2. The predicted molar refractivity (Wildman–Crippen MR) is 129 cm³/mol. The summed E-state index contributed by atoms with van der Waals surface area (Å²) in [5, 5.41) is 16.4. The van der Waals surface area contributed by atoms with Gasteiger partial charge in [0.2, 0.25) is 5.91 Å². The number of hydroxylamine groups is 1. The largest absolute Gasteiger partial charge is 0.346 e. The van der Waals surface area contributed by atoms with Gasteiger partial charge in [-0.15, -0.1) is 11.8 Å². The van der Waals surface area contributed by atoms with E-state index < -0.39 is 11.4 Å². The van der Waals surface area contributed by atoms with Crippen molar-refractivity contribution in [2.45, 2.75) is 42.4 Å². The first-order valence-corrected chi connectivity index (χ1v) is 12.0. The zero-order chi connectivity index (χ0) is 23.3. The third kappa shape index (κ3) is 5.71. The van der Waals surface area contributed by atoms with Gasteiger partial charge in [-0.2, -0.15) is 0 Å². The van der Waals surface area contributed by atoms with Crippen LogP contribution in [-0.4, -0.2) is 40.6 Å². The third-order valence-electron chi connectivity index (χ3n) is 6.00. The molecule has 0 bridgehead atoms. The quantitative estimate of drug-likeness (QED) is 0.242. The summed E-state index contributed by atoms with van der Waals surface area (Å²) < 4.78 is 0. The molecule has 0 saturated carbocycles. The Balaban J connectivity index is 1.43. The highest BCUT2D eigenvalue weighted by Crippen LogP contribution is 2.28. The van der Waals surface area contributed by atoms with Crippen molar-refractivity contribution >= 4 is 34.5 Å². The summed E-state index contributed by atoms with van der Waals surface area (Å²) in [6.45, 7) is 3.42. The lowest BCUT2D eigenvalue weighted by Crippen LogP contribution is -2.56. The molecule has 1 aliphatic rings. The van der Waals surface area contributed by atoms with Crippen molar-refractivity contribution in [3.8, 4) is 0 Å². The number of carbonyl (C=O) groups is 2. The van der Waals surface area contributed by atoms with Crippen molar-refractivity contribution in [2.24, 2.45) is 0 Å². The molecule has 4 N–H and O–H groups in total. The van der Waals surface area contributed by atoms with Crippen LogP contribution in [0.25, 0.3) is 10.9 Å². The van der Waals surface area contributed by atoms with Crippen LogP contribution in [0.1, 0.15) is 40.9 Å². The summed E-state index contributed by atoms with van der Waals surface area (Å²) in [5.74, 6) is 0.0969. The lowest BCUT2D eigenvalue weighted by atomic mass is 9.84. The van der Waals surface area contributed by atoms with Gasteiger partial charge in [-0.1, -0.05) is 18.2 Å². The maximum Gasteiger partial charge on any atom is 0.251 e. The highest BCUT2D eigenvalue weighted by molar-refractivity contribution is 7.98. The van der Waals surface area contributed by atoms with E-state index in [1.54, 1.807) is 17.2 Å². The predicted octanol–water partition coefficient (Wildman–Crippen LogP) is 3.58. The van der Waals surface area contributed by atoms with Crippen LogP contribution in [0.3, 0.4) is 0 Å². The second kappa shape index (κ2) is 10.3. The van der Waals surface area contributed by atoms with Crippen LogP contribution in [0.5, 0.6) is 0 Å². The number of para-hydroxylation sites is 1. The van der Waals surface area contributed by atoms with E-state index in [0.29, 0.717) is 31.5 Å². The Morgan fingerprint density at radius 2 is 1.85 bits per heavy atom. The molecule has 2 heterocycles. The zero-order valence-corrected chi connectivity index (χ0v) is 19.4. The number of pyridine rings is 1. The van der Waals surface area contributed by atoms with Crippen LogP contribution in [0, 0.1) is 6.92 Å². The van der Waals surface area contributed by atoms with E-state index in [4.69, 9.17) is 5.21 Å². The number of amides is 2. The normalized spacial score (nSPS) is 15.2. The number of piperidine rings is 1. The number of rotatable bonds is 7. The van der Waals surface area contributed by atoms with E-state index in [0.717, 1.165) is 27.2 Å². The van der Waals surface area contributed by atoms with Crippen LogP contribution in [0.15, 0.2) is 59.5 Å². The lowest BCUT2D eigenvalue weighted by molar-refractivity contribution is -0.130. The fourth-order valence-corrected chi connectivity index (χ4v) is 5.18. The monoisotopic (exact) mass is 464 g/mol. The number of nitrogens with one attached hydrogen (secondary N) is 3. The molecule has 1 saturated heterocycles. The molecule has 0 atom stereocenters. The minimum atomic E-state index is -0.664. The molecule has 1 aliphatic heterocycles. The number of carbonyl (C=O) groups excluding carboxylic acids is 2. The van der Waals surface area contributed by atoms with E-state index in [1.165, 1.54) is 5.56 Å². The SMILES string of the molecule is Cc1cc(CSc2ccc(C(=O)NC3(CC(=O)NO)CCNCC3)cc2)c2ccccc2n1. The van der Waals surface area contributed by atoms with Crippen molar-refractivity contribution in [1.82, 2.24) is 21.1 Å². The molecule has 0 radical (unpaired) electrons. The molecule has 2 aromatic carbocycles. The van der Waals surface area contributed by atoms with E-state index in [2.05, 4.69) is 27.8 Å². The summed E-state index contributed by atoms with van der Waals surface area (Å²) >= 11 is 1.72. The highest BCUT2D eigenvalue weighted by atomic mass is 32.2. The molecule has 7 nitrogen and oxygen atoms in total. The van der Waals surface area contributed by atoms with Crippen LogP contribution >= 0.6 is 11.8 Å². The molecule has 1 fully saturated rings. The average molecular weight is 465 g/mol. The van der Waals surface area contributed by atoms with Crippen LogP contribution in [0.4, 0.5) is 0 Å². The van der Waals surface area contributed by atoms with Gasteiger partial charge in [0.1, 0.15) is 0 Å². The minimum Gasteiger partial charge on any atom is -0.346 e. The molecule has 8 heteroatoms. The second-order valence-electron chi connectivity index (χ2n) is 8.45. The van der Waals surface area contributed by atoms with Gasteiger partial charge in [0.15, 0.2) is 0 Å². The van der Waals surface area contributed by atoms with Crippen molar-refractivity contribution < 1.29 is 14.8 Å². The Morgan fingerprint density at radius 3 is 2.58 bits per heavy atom. The first-order chi connectivity index (χ1) is 16.0. The summed E-state index contributed by atoms with van der Waals surface area (Å²) in [5.41, 5.74) is 4.80. The smallest absolute Gasteiger partial charge is 0.251 e. The number of nitrogens with zero attached hydrogens (tertiary/aromatic N) is 1. The van der Waals surface area contributed by atoms with Gasteiger partial charge < -0.3 is 10.6 Å². The molecule has 1 aromatic heterocycles. The van der Waals surface area contributed by atoms with E-state index in [-0.39, 0.29) is 12.3 Å². The average Bonchev–Trinajstić information content (AvgIpc) is 2.83. The van der Waals surface area contributed by atoms with Crippen molar-refractivity contribution in [1.29, 1.82) is 0 Å². The third-order valence-corrected chi connectivity index (χ3v) is 7.06. The van der Waals surface area contributed by atoms with Crippen molar-refractivity contribution in [3.63, 3.8) is 0 Å². The topological polar surface area (TPSA) is 103 Å². The summed E-state index contributed by atoms with van der Waals surface area (Å²) in [6, 6.07) is 17.8. The molecular weight excluding hydrogens is 436 g/mol. The molecule has 0 aliphatic carbocycles. The fraction of sp³-hybridized carbons (Fsp3) is 0.320. The van der Waals surface area contributed by atoms with E-state index >= 15 is 0 Å². The first kappa shape index (κ1) is 23.2. The molecular formula is C25H28N4O3S. The van der Waals surface area contributed by atoms with Gasteiger partial charge >= 0.3 is 0 Å². The van der Waals surface area contributed by atoms with E-state index in [9.17, 15) is 9.59 Å². The van der Waals surface area contributed by atoms with Crippen LogP contribution in [0.2, 0.25) is 0 Å². The van der Waals surface area contributed by atoms with Crippen molar-refractivity contribution in [3.05, 3.63) is 71.4 Å². The lowest BCUT2D eigenvalue weighted by Gasteiger charge is -2.37. The minimum absolute atomic E-state index is 0.0458. The summed E-state index contributed by atoms with van der Waals surface area (Å²) in [4.78, 5) is 30.4. The summed E-state index contributed by atoms with van der Waals surface area (Å²) in [7, 11) is 0. The van der Waals surface area contributed by atoms with Gasteiger partial charge in [0, 0.05) is 27.3 Å². The van der Waals surface area contributed by atoms with Gasteiger partial charge in [0.05, 0.1) is 17.5 Å². The van der Waals surface area contributed by atoms with Crippen molar-refractivity contribution in [2.75, 3.05) is 13.1 Å². The van der Waals surface area contributed by atoms with Gasteiger partial charge in [-0.05, 0) is 74.8 Å². The molecule has 4 rings (SSSR count). The summed E-state index contributed by atoms with van der Waals surface area (Å²) in [6.07, 6.45) is 1.29. The standard InChI is InChI=1S/C25H28N4O3S/c1-17-14-19(21-4-2-3-5-22(21)27-17)16-33-20-8-6-18(7-9-20)24(31)28-25(15-23(30)29-32)10-12-26-13-11-25/h2-9,14,26,32H,10-13,15-16H2,1H3,(H,28,31)(H,29,30). The Morgan fingerprint density at radius 1 is 1.12 bits per heavy atom. The number of hydrogen-bond acceptors (Lipinski definition) is 6. The van der Waals surface area contributed by atoms with Gasteiger partial charge in [-0.3, -0.25) is 19.8 Å². The Bertz CT molecular complexity index is 1140. The maximum absolute atomic E-state index is 12.9.